The van der Waals surface area contributed by atoms with E-state index in [4.69, 9.17) is 4.74 Å². The Bertz CT molecular complexity index is 420. The SMILES string of the molecule is CCOC(=O)CCCCCSc1nccc(=O)[nH]1. The molecule has 0 saturated heterocycles. The van der Waals surface area contributed by atoms with Crippen molar-refractivity contribution in [3.63, 3.8) is 0 Å². The van der Waals surface area contributed by atoms with Crippen molar-refractivity contribution in [2.75, 3.05) is 12.4 Å². The van der Waals surface area contributed by atoms with E-state index in [0.29, 0.717) is 18.2 Å². The monoisotopic (exact) mass is 270 g/mol. The quantitative estimate of drug-likeness (QED) is 0.338. The minimum absolute atomic E-state index is 0.126. The Labute approximate surface area is 110 Å². The van der Waals surface area contributed by atoms with Crippen LogP contribution in [0.15, 0.2) is 22.2 Å². The largest absolute Gasteiger partial charge is 0.466 e. The van der Waals surface area contributed by atoms with Gasteiger partial charge in [-0.2, -0.15) is 0 Å². The second-order valence-corrected chi connectivity index (χ2v) is 4.79. The molecule has 0 unspecified atom stereocenters. The Balaban J connectivity index is 2.05. The second-order valence-electron chi connectivity index (χ2n) is 3.70. The third-order valence-electron chi connectivity index (χ3n) is 2.22. The van der Waals surface area contributed by atoms with E-state index in [-0.39, 0.29) is 11.5 Å². The summed E-state index contributed by atoms with van der Waals surface area (Å²) in [6.07, 6.45) is 4.80. The van der Waals surface area contributed by atoms with E-state index in [9.17, 15) is 9.59 Å². The number of nitrogens with one attached hydrogen (secondary N) is 1. The number of nitrogens with zero attached hydrogens (tertiary/aromatic N) is 1. The van der Waals surface area contributed by atoms with Gasteiger partial charge in [-0.25, -0.2) is 4.98 Å². The standard InChI is InChI=1S/C12H18N2O3S/c1-2-17-11(16)6-4-3-5-9-18-12-13-8-7-10(15)14-12/h7-8H,2-6,9H2,1H3,(H,13,14,15). The lowest BCUT2D eigenvalue weighted by Gasteiger charge is -2.02. The van der Waals surface area contributed by atoms with Gasteiger partial charge in [0.2, 0.25) is 0 Å². The van der Waals surface area contributed by atoms with Crippen molar-refractivity contribution >= 4 is 17.7 Å². The van der Waals surface area contributed by atoms with Crippen molar-refractivity contribution in [1.82, 2.24) is 9.97 Å². The molecule has 0 atom stereocenters. The molecule has 1 heterocycles. The first kappa shape index (κ1) is 14.8. The lowest BCUT2D eigenvalue weighted by Crippen LogP contribution is -2.05. The molecule has 0 aliphatic heterocycles. The van der Waals surface area contributed by atoms with E-state index < -0.39 is 0 Å². The zero-order chi connectivity index (χ0) is 13.2. The fraction of sp³-hybridized carbons (Fsp3) is 0.583. The van der Waals surface area contributed by atoms with E-state index in [0.717, 1.165) is 25.0 Å². The zero-order valence-electron chi connectivity index (χ0n) is 10.5. The zero-order valence-corrected chi connectivity index (χ0v) is 11.3. The molecule has 6 heteroatoms. The molecule has 0 aliphatic rings. The van der Waals surface area contributed by atoms with Gasteiger partial charge in [0.1, 0.15) is 0 Å². The Hall–Kier alpha value is -1.30. The van der Waals surface area contributed by atoms with Crippen molar-refractivity contribution in [2.24, 2.45) is 0 Å². The van der Waals surface area contributed by atoms with E-state index in [1.165, 1.54) is 24.0 Å². The highest BCUT2D eigenvalue weighted by atomic mass is 32.2. The predicted molar refractivity (Wildman–Crippen MR) is 70.7 cm³/mol. The van der Waals surface area contributed by atoms with Crippen molar-refractivity contribution in [3.05, 3.63) is 22.6 Å². The highest BCUT2D eigenvalue weighted by molar-refractivity contribution is 7.99. The topological polar surface area (TPSA) is 72.0 Å². The van der Waals surface area contributed by atoms with Gasteiger partial charge in [0.15, 0.2) is 5.16 Å². The molecule has 1 N–H and O–H groups in total. The minimum atomic E-state index is -0.130. The molecule has 18 heavy (non-hydrogen) atoms. The summed E-state index contributed by atoms with van der Waals surface area (Å²) in [6, 6.07) is 1.39. The number of rotatable bonds is 8. The molecule has 0 fully saturated rings. The average molecular weight is 270 g/mol. The third-order valence-corrected chi connectivity index (χ3v) is 3.19. The number of unbranched alkanes of at least 4 members (excludes halogenated alkanes) is 2. The van der Waals surface area contributed by atoms with Crippen LogP contribution in [0.2, 0.25) is 0 Å². The van der Waals surface area contributed by atoms with E-state index >= 15 is 0 Å². The summed E-state index contributed by atoms with van der Waals surface area (Å²) in [5.41, 5.74) is -0.130. The summed E-state index contributed by atoms with van der Waals surface area (Å²) >= 11 is 1.52. The molecule has 5 nitrogen and oxygen atoms in total. The lowest BCUT2D eigenvalue weighted by atomic mass is 10.2. The van der Waals surface area contributed by atoms with E-state index in [2.05, 4.69) is 9.97 Å². The number of aromatic amines is 1. The Morgan fingerprint density at radius 2 is 2.28 bits per heavy atom. The normalized spacial score (nSPS) is 10.3. The molecular formula is C12H18N2O3S. The van der Waals surface area contributed by atoms with Crippen molar-refractivity contribution in [3.8, 4) is 0 Å². The Morgan fingerprint density at radius 1 is 1.44 bits per heavy atom. The van der Waals surface area contributed by atoms with Gasteiger partial charge < -0.3 is 9.72 Å². The molecule has 1 rings (SSSR count). The van der Waals surface area contributed by atoms with Crippen molar-refractivity contribution in [2.45, 2.75) is 37.8 Å². The summed E-state index contributed by atoms with van der Waals surface area (Å²) in [5, 5.41) is 0.646. The van der Waals surface area contributed by atoms with Gasteiger partial charge in [-0.1, -0.05) is 18.2 Å². The fourth-order valence-corrected chi connectivity index (χ4v) is 2.23. The van der Waals surface area contributed by atoms with E-state index in [1.54, 1.807) is 0 Å². The van der Waals surface area contributed by atoms with Crippen LogP contribution in [0.1, 0.15) is 32.6 Å². The Kier molecular flexibility index (Phi) is 7.17. The summed E-state index contributed by atoms with van der Waals surface area (Å²) in [5.74, 6) is 0.759. The first-order chi connectivity index (χ1) is 8.72. The number of thioether (sulfide) groups is 1. The molecule has 1 aromatic heterocycles. The molecule has 0 saturated carbocycles. The molecule has 1 aromatic rings. The minimum Gasteiger partial charge on any atom is -0.466 e. The summed E-state index contributed by atoms with van der Waals surface area (Å²) in [6.45, 7) is 2.25. The van der Waals surface area contributed by atoms with Crippen LogP contribution in [0.4, 0.5) is 0 Å². The summed E-state index contributed by atoms with van der Waals surface area (Å²) in [4.78, 5) is 28.8. The van der Waals surface area contributed by atoms with Crippen LogP contribution in [-0.4, -0.2) is 28.3 Å². The van der Waals surface area contributed by atoms with Gasteiger partial charge in [-0.3, -0.25) is 9.59 Å². The van der Waals surface area contributed by atoms with Crippen LogP contribution < -0.4 is 5.56 Å². The lowest BCUT2D eigenvalue weighted by molar-refractivity contribution is -0.143. The van der Waals surface area contributed by atoms with Gasteiger partial charge in [-0.15, -0.1) is 0 Å². The number of ether oxygens (including phenoxy) is 1. The number of aromatic nitrogens is 2. The highest BCUT2D eigenvalue weighted by Crippen LogP contribution is 2.13. The van der Waals surface area contributed by atoms with Gasteiger partial charge in [0.05, 0.1) is 6.61 Å². The van der Waals surface area contributed by atoms with Crippen LogP contribution in [0.3, 0.4) is 0 Å². The van der Waals surface area contributed by atoms with Crippen LogP contribution in [-0.2, 0) is 9.53 Å². The summed E-state index contributed by atoms with van der Waals surface area (Å²) in [7, 11) is 0. The molecule has 0 aromatic carbocycles. The Morgan fingerprint density at radius 3 is 3.00 bits per heavy atom. The molecule has 0 amide bonds. The molecule has 0 spiro atoms. The maximum absolute atomic E-state index is 11.1. The van der Waals surface area contributed by atoms with Gasteiger partial charge in [-0.05, 0) is 19.8 Å². The number of esters is 1. The van der Waals surface area contributed by atoms with Crippen molar-refractivity contribution < 1.29 is 9.53 Å². The highest BCUT2D eigenvalue weighted by Gasteiger charge is 2.01. The molecule has 100 valence electrons. The van der Waals surface area contributed by atoms with Crippen LogP contribution in [0.25, 0.3) is 0 Å². The number of carbonyl (C=O) groups excluding carboxylic acids is 1. The fourth-order valence-electron chi connectivity index (χ4n) is 1.38. The molecular weight excluding hydrogens is 252 g/mol. The van der Waals surface area contributed by atoms with Crippen LogP contribution in [0, 0.1) is 0 Å². The number of carbonyl (C=O) groups is 1. The maximum Gasteiger partial charge on any atom is 0.305 e. The smallest absolute Gasteiger partial charge is 0.305 e. The molecule has 0 bridgehead atoms. The first-order valence-corrected chi connectivity index (χ1v) is 7.04. The van der Waals surface area contributed by atoms with Crippen LogP contribution >= 0.6 is 11.8 Å². The number of H-pyrrole nitrogens is 1. The van der Waals surface area contributed by atoms with Gasteiger partial charge >= 0.3 is 5.97 Å². The first-order valence-electron chi connectivity index (χ1n) is 6.06. The predicted octanol–water partition coefficient (Wildman–Crippen LogP) is 1.99. The third kappa shape index (κ3) is 6.44. The maximum atomic E-state index is 11.1. The molecule has 0 radical (unpaired) electrons. The van der Waals surface area contributed by atoms with Crippen molar-refractivity contribution in [1.29, 1.82) is 0 Å². The number of hydrogen-bond donors (Lipinski definition) is 1. The van der Waals surface area contributed by atoms with E-state index in [1.807, 2.05) is 6.92 Å². The van der Waals surface area contributed by atoms with Crippen LogP contribution in [0.5, 0.6) is 0 Å². The number of hydrogen-bond acceptors (Lipinski definition) is 5. The molecule has 0 aliphatic carbocycles. The van der Waals surface area contributed by atoms with Gasteiger partial charge in [0, 0.05) is 24.4 Å². The second kappa shape index (κ2) is 8.74. The average Bonchev–Trinajstić information content (AvgIpc) is 2.34. The van der Waals surface area contributed by atoms with Gasteiger partial charge in [0.25, 0.3) is 5.56 Å². The summed E-state index contributed by atoms with van der Waals surface area (Å²) < 4.78 is 4.84.